The third-order valence-electron chi connectivity index (χ3n) is 3.62. The van der Waals surface area contributed by atoms with E-state index in [4.69, 9.17) is 5.14 Å². The molecule has 0 saturated heterocycles. The quantitative estimate of drug-likeness (QED) is 0.644. The van der Waals surface area contributed by atoms with Gasteiger partial charge in [0.25, 0.3) is 0 Å². The first-order valence-electron chi connectivity index (χ1n) is 7.43. The van der Waals surface area contributed by atoms with E-state index in [0.29, 0.717) is 17.3 Å². The number of benzene rings is 1. The van der Waals surface area contributed by atoms with E-state index in [0.717, 1.165) is 11.4 Å². The van der Waals surface area contributed by atoms with Crippen LogP contribution < -0.4 is 15.4 Å². The zero-order chi connectivity index (χ0) is 18.0. The van der Waals surface area contributed by atoms with Crippen LogP contribution in [0.2, 0.25) is 0 Å². The van der Waals surface area contributed by atoms with Gasteiger partial charge in [0.05, 0.1) is 4.90 Å². The first-order valence-corrected chi connectivity index (χ1v) is 8.98. The monoisotopic (exact) mass is 358 g/mol. The summed E-state index contributed by atoms with van der Waals surface area (Å²) in [6.45, 7) is 1.99. The molecule has 2 heterocycles. The first-order chi connectivity index (χ1) is 11.8. The summed E-state index contributed by atoms with van der Waals surface area (Å²) in [6, 6.07) is 10.1. The van der Waals surface area contributed by atoms with Gasteiger partial charge in [0, 0.05) is 25.0 Å². The highest BCUT2D eigenvalue weighted by atomic mass is 32.2. The van der Waals surface area contributed by atoms with Crippen molar-refractivity contribution in [1.82, 2.24) is 15.0 Å². The summed E-state index contributed by atoms with van der Waals surface area (Å²) >= 11 is 0. The van der Waals surface area contributed by atoms with Gasteiger partial charge in [-0.25, -0.2) is 23.5 Å². The fourth-order valence-electron chi connectivity index (χ4n) is 2.31. The van der Waals surface area contributed by atoms with Crippen molar-refractivity contribution in [2.24, 2.45) is 5.14 Å². The average molecular weight is 358 g/mol. The SMILES string of the molecule is Cc1c[nH]c(Nc2cc(N(C)c3cccc(S(N)(=O)=O)c3)ncn2)c1. The number of aromatic nitrogens is 3. The Morgan fingerprint density at radius 1 is 1.20 bits per heavy atom. The number of hydrogen-bond acceptors (Lipinski definition) is 6. The van der Waals surface area contributed by atoms with Crippen LogP contribution in [0.3, 0.4) is 0 Å². The van der Waals surface area contributed by atoms with E-state index in [1.807, 2.05) is 19.2 Å². The van der Waals surface area contributed by atoms with Crippen molar-refractivity contribution in [3.8, 4) is 0 Å². The van der Waals surface area contributed by atoms with Crippen molar-refractivity contribution in [1.29, 1.82) is 0 Å². The molecule has 0 aliphatic rings. The molecule has 0 aliphatic heterocycles. The first kappa shape index (κ1) is 16.9. The molecule has 0 atom stereocenters. The van der Waals surface area contributed by atoms with Gasteiger partial charge in [0.15, 0.2) is 0 Å². The summed E-state index contributed by atoms with van der Waals surface area (Å²) in [6.07, 6.45) is 3.32. The Balaban J connectivity index is 1.87. The van der Waals surface area contributed by atoms with E-state index in [-0.39, 0.29) is 4.90 Å². The van der Waals surface area contributed by atoms with Gasteiger partial charge in [-0.05, 0) is 36.8 Å². The highest BCUT2D eigenvalue weighted by molar-refractivity contribution is 7.89. The summed E-state index contributed by atoms with van der Waals surface area (Å²) < 4.78 is 23.0. The van der Waals surface area contributed by atoms with E-state index in [9.17, 15) is 8.42 Å². The molecule has 0 radical (unpaired) electrons. The largest absolute Gasteiger partial charge is 0.348 e. The van der Waals surface area contributed by atoms with Crippen molar-refractivity contribution >= 4 is 33.2 Å². The molecule has 0 bridgehead atoms. The van der Waals surface area contributed by atoms with Gasteiger partial charge in [-0.15, -0.1) is 0 Å². The Morgan fingerprint density at radius 2 is 2.00 bits per heavy atom. The normalized spacial score (nSPS) is 11.3. The van der Waals surface area contributed by atoms with Crippen molar-refractivity contribution in [3.05, 3.63) is 54.5 Å². The second-order valence-corrected chi connectivity index (χ2v) is 7.14. The zero-order valence-corrected chi connectivity index (χ0v) is 14.6. The summed E-state index contributed by atoms with van der Waals surface area (Å²) in [4.78, 5) is 13.3. The number of hydrogen-bond donors (Lipinski definition) is 3. The van der Waals surface area contributed by atoms with E-state index in [1.165, 1.54) is 18.5 Å². The number of nitrogens with zero attached hydrogens (tertiary/aromatic N) is 3. The lowest BCUT2D eigenvalue weighted by atomic mass is 10.3. The van der Waals surface area contributed by atoms with Crippen molar-refractivity contribution in [3.63, 3.8) is 0 Å². The number of aromatic amines is 1. The summed E-state index contributed by atoms with van der Waals surface area (Å²) in [5.74, 6) is 2.04. The predicted molar refractivity (Wildman–Crippen MR) is 96.7 cm³/mol. The Labute approximate surface area is 145 Å². The molecule has 0 saturated carbocycles. The van der Waals surface area contributed by atoms with E-state index < -0.39 is 10.0 Å². The maximum Gasteiger partial charge on any atom is 0.238 e. The fraction of sp³-hybridized carbons (Fsp3) is 0.125. The number of sulfonamides is 1. The molecule has 0 spiro atoms. The maximum absolute atomic E-state index is 11.5. The third kappa shape index (κ3) is 3.95. The summed E-state index contributed by atoms with van der Waals surface area (Å²) in [7, 11) is -1.98. The van der Waals surface area contributed by atoms with Gasteiger partial charge in [-0.2, -0.15) is 0 Å². The van der Waals surface area contributed by atoms with Crippen LogP contribution in [0, 0.1) is 6.92 Å². The lowest BCUT2D eigenvalue weighted by molar-refractivity contribution is 0.598. The van der Waals surface area contributed by atoms with Crippen molar-refractivity contribution in [2.45, 2.75) is 11.8 Å². The van der Waals surface area contributed by atoms with Gasteiger partial charge in [0.2, 0.25) is 10.0 Å². The van der Waals surface area contributed by atoms with Gasteiger partial charge in [-0.3, -0.25) is 0 Å². The van der Waals surface area contributed by atoms with Gasteiger partial charge in [0.1, 0.15) is 23.8 Å². The Hall–Kier alpha value is -2.91. The minimum absolute atomic E-state index is 0.0473. The number of nitrogens with one attached hydrogen (secondary N) is 2. The maximum atomic E-state index is 11.5. The molecule has 0 unspecified atom stereocenters. The topological polar surface area (TPSA) is 117 Å². The Kier molecular flexibility index (Phi) is 4.43. The zero-order valence-electron chi connectivity index (χ0n) is 13.8. The summed E-state index contributed by atoms with van der Waals surface area (Å²) in [5, 5.41) is 8.35. The molecule has 25 heavy (non-hydrogen) atoms. The fourth-order valence-corrected chi connectivity index (χ4v) is 2.87. The minimum Gasteiger partial charge on any atom is -0.348 e. The number of H-pyrrole nitrogens is 1. The van der Waals surface area contributed by atoms with Gasteiger partial charge >= 0.3 is 0 Å². The molecular formula is C16H18N6O2S. The molecule has 1 aromatic carbocycles. The predicted octanol–water partition coefficient (Wildman–Crippen LogP) is 2.27. The van der Waals surface area contributed by atoms with Crippen LogP contribution in [0.5, 0.6) is 0 Å². The number of nitrogens with two attached hydrogens (primary N) is 1. The highest BCUT2D eigenvalue weighted by Crippen LogP contribution is 2.25. The lowest BCUT2D eigenvalue weighted by Crippen LogP contribution is -2.15. The molecular weight excluding hydrogens is 340 g/mol. The molecule has 0 aliphatic carbocycles. The third-order valence-corrected chi connectivity index (χ3v) is 4.53. The molecule has 0 amide bonds. The smallest absolute Gasteiger partial charge is 0.238 e. The molecule has 9 heteroatoms. The van der Waals surface area contributed by atoms with Crippen LogP contribution in [0.1, 0.15) is 5.56 Å². The van der Waals surface area contributed by atoms with E-state index in [2.05, 4.69) is 20.3 Å². The molecule has 3 aromatic rings. The summed E-state index contributed by atoms with van der Waals surface area (Å²) in [5.41, 5.74) is 1.75. The van der Waals surface area contributed by atoms with E-state index in [1.54, 1.807) is 30.1 Å². The second-order valence-electron chi connectivity index (χ2n) is 5.58. The van der Waals surface area contributed by atoms with E-state index >= 15 is 0 Å². The van der Waals surface area contributed by atoms with Crippen molar-refractivity contribution < 1.29 is 8.42 Å². The van der Waals surface area contributed by atoms with Crippen molar-refractivity contribution in [2.75, 3.05) is 17.3 Å². The Bertz CT molecular complexity index is 999. The van der Waals surface area contributed by atoms with Crippen LogP contribution in [0.15, 0.2) is 53.8 Å². The number of aryl methyl sites for hydroxylation is 1. The minimum atomic E-state index is -3.76. The molecule has 0 fully saturated rings. The van der Waals surface area contributed by atoms with Crippen LogP contribution in [0.25, 0.3) is 0 Å². The molecule has 3 rings (SSSR count). The second kappa shape index (κ2) is 6.54. The van der Waals surface area contributed by atoms with Crippen LogP contribution in [-0.2, 0) is 10.0 Å². The molecule has 130 valence electrons. The lowest BCUT2D eigenvalue weighted by Gasteiger charge is -2.19. The molecule has 4 N–H and O–H groups in total. The van der Waals surface area contributed by atoms with Crippen LogP contribution in [-0.4, -0.2) is 30.4 Å². The van der Waals surface area contributed by atoms with Gasteiger partial charge < -0.3 is 15.2 Å². The number of rotatable bonds is 5. The number of primary sulfonamides is 1. The van der Waals surface area contributed by atoms with Gasteiger partial charge in [-0.1, -0.05) is 6.07 Å². The number of anilines is 4. The highest BCUT2D eigenvalue weighted by Gasteiger charge is 2.12. The molecule has 8 nitrogen and oxygen atoms in total. The average Bonchev–Trinajstić information content (AvgIpc) is 2.98. The standard InChI is InChI=1S/C16H18N6O2S/c1-11-6-14(18-9-11)21-15-8-16(20-10-19-15)22(2)12-4-3-5-13(7-12)25(17,23)24/h3-10,18H,1-2H3,(H2,17,23,24)(H,19,20,21). The van der Waals surface area contributed by atoms with Crippen LogP contribution >= 0.6 is 0 Å². The molecule has 2 aromatic heterocycles. The van der Waals surface area contributed by atoms with Crippen LogP contribution in [0.4, 0.5) is 23.1 Å². The Morgan fingerprint density at radius 3 is 2.68 bits per heavy atom.